The van der Waals surface area contributed by atoms with Crippen LogP contribution in [-0.4, -0.2) is 61.1 Å². The monoisotopic (exact) mass is 544 g/mol. The van der Waals surface area contributed by atoms with E-state index in [1.54, 1.807) is 17.5 Å². The Morgan fingerprint density at radius 3 is 2.65 bits per heavy atom. The van der Waals surface area contributed by atoms with E-state index in [4.69, 9.17) is 9.26 Å². The highest BCUT2D eigenvalue weighted by molar-refractivity contribution is 7.91. The van der Waals surface area contributed by atoms with Gasteiger partial charge in [0.25, 0.3) is 15.9 Å². The average molecular weight is 545 g/mol. The number of carbonyl (C=O) groups excluding carboxylic acids is 1. The van der Waals surface area contributed by atoms with Crippen molar-refractivity contribution in [1.29, 1.82) is 0 Å². The number of benzene rings is 1. The van der Waals surface area contributed by atoms with Crippen LogP contribution in [0.3, 0.4) is 0 Å². The van der Waals surface area contributed by atoms with Gasteiger partial charge in [0.05, 0.1) is 5.56 Å². The molecule has 1 fully saturated rings. The van der Waals surface area contributed by atoms with Crippen molar-refractivity contribution in [3.63, 3.8) is 0 Å². The first kappa shape index (κ1) is 25.9. The van der Waals surface area contributed by atoms with Gasteiger partial charge in [0.2, 0.25) is 0 Å². The number of ether oxygens (including phenoxy) is 1. The van der Waals surface area contributed by atoms with Gasteiger partial charge in [-0.1, -0.05) is 36.4 Å². The number of carbonyl (C=O) groups is 1. The number of hydrogen-bond acceptors (Lipinski definition) is 8. The van der Waals surface area contributed by atoms with Gasteiger partial charge in [0, 0.05) is 31.1 Å². The summed E-state index contributed by atoms with van der Waals surface area (Å²) in [7, 11) is 0.625. The van der Waals surface area contributed by atoms with Gasteiger partial charge in [-0.25, -0.2) is 13.2 Å². The SMILES string of the molecule is CN(C)C1(Cc2ccccc2)CCC(NC(=O)Oc2noc3c2CN(S(=O)(=O)c2cccs2)CC3)CC1. The van der Waals surface area contributed by atoms with Crippen LogP contribution >= 0.6 is 11.3 Å². The molecule has 0 bridgehead atoms. The summed E-state index contributed by atoms with van der Waals surface area (Å²) in [6.45, 7) is 0.336. The number of thiophene rings is 1. The zero-order valence-corrected chi connectivity index (χ0v) is 22.7. The standard InChI is InChI=1S/C26H32N4O5S2/c1-29(2)26(17-19-7-4-3-5-8-19)13-10-20(11-14-26)27-25(31)34-24-21-18-30(15-12-22(21)35-28-24)37(32,33)23-9-6-16-36-23/h3-9,16,20H,10-15,17-18H2,1-2H3,(H,27,31). The Labute approximate surface area is 221 Å². The molecule has 3 aromatic rings. The van der Waals surface area contributed by atoms with Crippen LogP contribution < -0.4 is 10.1 Å². The molecular formula is C26H32N4O5S2. The van der Waals surface area contributed by atoms with Crippen LogP contribution in [0.15, 0.2) is 56.6 Å². The molecule has 11 heteroatoms. The fourth-order valence-electron chi connectivity index (χ4n) is 5.32. The Hall–Kier alpha value is -2.73. The highest BCUT2D eigenvalue weighted by atomic mass is 32.2. The number of amides is 1. The van der Waals surface area contributed by atoms with Gasteiger partial charge in [-0.2, -0.15) is 4.31 Å². The molecule has 37 heavy (non-hydrogen) atoms. The first-order valence-electron chi connectivity index (χ1n) is 12.5. The van der Waals surface area contributed by atoms with Gasteiger partial charge in [-0.15, -0.1) is 11.3 Å². The Bertz CT molecular complexity index is 1310. The highest BCUT2D eigenvalue weighted by Gasteiger charge is 2.38. The Balaban J connectivity index is 1.19. The van der Waals surface area contributed by atoms with Crippen LogP contribution in [-0.2, 0) is 29.4 Å². The summed E-state index contributed by atoms with van der Waals surface area (Å²) in [6.07, 6.45) is 4.32. The second kappa shape index (κ2) is 10.6. The fraction of sp³-hybridized carbons (Fsp3) is 0.462. The van der Waals surface area contributed by atoms with E-state index in [2.05, 4.69) is 53.7 Å². The van der Waals surface area contributed by atoms with E-state index in [0.29, 0.717) is 17.7 Å². The van der Waals surface area contributed by atoms with E-state index in [-0.39, 0.29) is 34.8 Å². The molecule has 3 heterocycles. The number of rotatable bonds is 7. The van der Waals surface area contributed by atoms with Gasteiger partial charge in [-0.3, -0.25) is 0 Å². The fourth-order valence-corrected chi connectivity index (χ4v) is 7.88. The van der Waals surface area contributed by atoms with Crippen molar-refractivity contribution in [2.75, 3.05) is 20.6 Å². The first-order valence-corrected chi connectivity index (χ1v) is 14.8. The Morgan fingerprint density at radius 2 is 1.97 bits per heavy atom. The van der Waals surface area contributed by atoms with Gasteiger partial charge in [-0.05, 0) is 68.4 Å². The number of aromatic nitrogens is 1. The molecule has 1 saturated carbocycles. The van der Waals surface area contributed by atoms with Crippen LogP contribution in [0.5, 0.6) is 5.88 Å². The largest absolute Gasteiger partial charge is 0.414 e. The second-order valence-corrected chi connectivity index (χ2v) is 13.1. The van der Waals surface area contributed by atoms with Crippen LogP contribution in [0.25, 0.3) is 0 Å². The topological polar surface area (TPSA) is 105 Å². The normalized spacial score (nSPS) is 22.5. The number of sulfonamides is 1. The zero-order chi connectivity index (χ0) is 26.0. The van der Waals surface area contributed by atoms with E-state index in [9.17, 15) is 13.2 Å². The van der Waals surface area contributed by atoms with E-state index in [0.717, 1.165) is 32.1 Å². The van der Waals surface area contributed by atoms with Crippen LogP contribution in [0.2, 0.25) is 0 Å². The molecule has 1 N–H and O–H groups in total. The minimum atomic E-state index is -3.63. The van der Waals surface area contributed by atoms with E-state index in [1.165, 1.54) is 21.2 Å². The molecule has 0 atom stereocenters. The maximum Gasteiger partial charge on any atom is 0.414 e. The summed E-state index contributed by atoms with van der Waals surface area (Å²) in [5.41, 5.74) is 1.86. The molecule has 198 valence electrons. The maximum absolute atomic E-state index is 13.0. The van der Waals surface area contributed by atoms with Gasteiger partial charge in [0.1, 0.15) is 9.97 Å². The minimum Gasteiger partial charge on any atom is -0.388 e. The molecule has 1 amide bonds. The van der Waals surface area contributed by atoms with Gasteiger partial charge in [0.15, 0.2) is 0 Å². The molecule has 1 aliphatic heterocycles. The summed E-state index contributed by atoms with van der Waals surface area (Å²) >= 11 is 1.18. The summed E-state index contributed by atoms with van der Waals surface area (Å²) in [5.74, 6) is 0.580. The number of likely N-dealkylation sites (N-methyl/N-ethyl adjacent to an activating group) is 1. The van der Waals surface area contributed by atoms with Crippen molar-refractivity contribution < 1.29 is 22.5 Å². The third kappa shape index (κ3) is 5.45. The second-order valence-electron chi connectivity index (χ2n) is 10.00. The summed E-state index contributed by atoms with van der Waals surface area (Å²) < 4.78 is 38.4. The van der Waals surface area contributed by atoms with Crippen molar-refractivity contribution in [2.45, 2.75) is 60.9 Å². The smallest absolute Gasteiger partial charge is 0.388 e. The third-order valence-corrected chi connectivity index (χ3v) is 10.8. The first-order chi connectivity index (χ1) is 17.8. The van der Waals surface area contributed by atoms with Crippen LogP contribution in [0.1, 0.15) is 42.6 Å². The Morgan fingerprint density at radius 1 is 1.22 bits per heavy atom. The van der Waals surface area contributed by atoms with Gasteiger partial charge < -0.3 is 19.5 Å². The predicted octanol–water partition coefficient (Wildman–Crippen LogP) is 4.06. The molecule has 1 aliphatic carbocycles. The quantitative estimate of drug-likeness (QED) is 0.478. The lowest BCUT2D eigenvalue weighted by atomic mass is 9.75. The van der Waals surface area contributed by atoms with Crippen molar-refractivity contribution >= 4 is 27.5 Å². The molecule has 0 unspecified atom stereocenters. The van der Waals surface area contributed by atoms with E-state index < -0.39 is 16.1 Å². The number of fused-ring (bicyclic) bond motifs is 1. The zero-order valence-electron chi connectivity index (χ0n) is 21.1. The number of hydrogen-bond donors (Lipinski definition) is 1. The minimum absolute atomic E-state index is 0.00483. The Kier molecular flexibility index (Phi) is 7.39. The lowest BCUT2D eigenvalue weighted by Gasteiger charge is -2.45. The van der Waals surface area contributed by atoms with E-state index in [1.807, 2.05) is 6.07 Å². The lowest BCUT2D eigenvalue weighted by Crippen LogP contribution is -2.52. The van der Waals surface area contributed by atoms with E-state index >= 15 is 0 Å². The van der Waals surface area contributed by atoms with Crippen LogP contribution in [0, 0.1) is 0 Å². The van der Waals surface area contributed by atoms with Gasteiger partial charge >= 0.3 is 6.09 Å². The van der Waals surface area contributed by atoms with Crippen LogP contribution in [0.4, 0.5) is 4.79 Å². The maximum atomic E-state index is 13.0. The third-order valence-electron chi connectivity index (χ3n) is 7.60. The average Bonchev–Trinajstić information content (AvgIpc) is 3.57. The van der Waals surface area contributed by atoms with Crippen molar-refractivity contribution in [2.24, 2.45) is 0 Å². The lowest BCUT2D eigenvalue weighted by molar-refractivity contribution is 0.0867. The molecule has 0 spiro atoms. The summed E-state index contributed by atoms with van der Waals surface area (Å²) in [5, 5.41) is 8.63. The predicted molar refractivity (Wildman–Crippen MR) is 140 cm³/mol. The number of nitrogens with one attached hydrogen (secondary N) is 1. The molecule has 0 radical (unpaired) electrons. The van der Waals surface area contributed by atoms with Crippen molar-refractivity contribution in [1.82, 2.24) is 19.7 Å². The molecular weight excluding hydrogens is 512 g/mol. The molecule has 5 rings (SSSR count). The molecule has 0 saturated heterocycles. The number of nitrogens with zero attached hydrogens (tertiary/aromatic N) is 3. The summed E-state index contributed by atoms with van der Waals surface area (Å²) in [6, 6.07) is 13.8. The van der Waals surface area contributed by atoms with Crippen molar-refractivity contribution in [3.8, 4) is 5.88 Å². The highest BCUT2D eigenvalue weighted by Crippen LogP contribution is 2.36. The summed E-state index contributed by atoms with van der Waals surface area (Å²) in [4.78, 5) is 15.1. The van der Waals surface area contributed by atoms with Crippen molar-refractivity contribution in [3.05, 3.63) is 64.7 Å². The molecule has 2 aliphatic rings. The molecule has 1 aromatic carbocycles. The molecule has 9 nitrogen and oxygen atoms in total. The molecule has 2 aromatic heterocycles.